The number of benzene rings is 1. The average Bonchev–Trinajstić information content (AvgIpc) is 2.03. The fraction of sp³-hybridized carbons (Fsp3) is 0. The highest BCUT2D eigenvalue weighted by atomic mass is 16.3. The van der Waals surface area contributed by atoms with Gasteiger partial charge in [0.1, 0.15) is 5.75 Å². The van der Waals surface area contributed by atoms with Crippen LogP contribution in [-0.2, 0) is 4.79 Å². The molecule has 1 rings (SSSR count). The van der Waals surface area contributed by atoms with Gasteiger partial charge in [-0.1, -0.05) is 18.2 Å². The van der Waals surface area contributed by atoms with Gasteiger partial charge in [-0.15, -0.1) is 0 Å². The highest BCUT2D eigenvalue weighted by Crippen LogP contribution is 2.16. The number of carbonyl (C=O) groups excluding carboxylic acids is 1. The maximum Gasteiger partial charge on any atom is 0.241 e. The van der Waals surface area contributed by atoms with E-state index in [9.17, 15) is 9.90 Å². The normalized spacial score (nSPS) is 10.3. The molecular formula is C9H9NO2. The molecule has 3 N–H and O–H groups in total. The number of primary amides is 1. The average molecular weight is 163 g/mol. The molecule has 0 spiro atoms. The molecule has 0 aliphatic heterocycles. The fourth-order valence-electron chi connectivity index (χ4n) is 0.800. The van der Waals surface area contributed by atoms with Crippen molar-refractivity contribution >= 4 is 12.0 Å². The molecule has 0 radical (unpaired) electrons. The van der Waals surface area contributed by atoms with Crippen LogP contribution in [0.15, 0.2) is 30.3 Å². The molecule has 0 atom stereocenters. The van der Waals surface area contributed by atoms with Gasteiger partial charge in [0.05, 0.1) is 0 Å². The van der Waals surface area contributed by atoms with Gasteiger partial charge >= 0.3 is 0 Å². The standard InChI is InChI=1S/C9H9NO2/c10-9(12)6-5-7-3-1-2-4-8(7)11/h1-6,11H,(H2,10,12)/b6-5-. The molecule has 0 bridgehead atoms. The SMILES string of the molecule is NC(=O)/C=C\c1ccccc1O. The summed E-state index contributed by atoms with van der Waals surface area (Å²) in [6, 6.07) is 6.70. The first kappa shape index (κ1) is 8.33. The largest absolute Gasteiger partial charge is 0.507 e. The molecule has 1 aromatic rings. The van der Waals surface area contributed by atoms with Crippen LogP contribution in [0.2, 0.25) is 0 Å². The van der Waals surface area contributed by atoms with E-state index in [-0.39, 0.29) is 5.75 Å². The first-order valence-electron chi connectivity index (χ1n) is 3.45. The van der Waals surface area contributed by atoms with E-state index in [1.54, 1.807) is 24.3 Å². The molecule has 3 nitrogen and oxygen atoms in total. The first-order valence-corrected chi connectivity index (χ1v) is 3.45. The molecule has 0 aromatic heterocycles. The third-order valence-corrected chi connectivity index (χ3v) is 1.36. The first-order chi connectivity index (χ1) is 5.70. The monoisotopic (exact) mass is 163 g/mol. The van der Waals surface area contributed by atoms with E-state index in [0.717, 1.165) is 0 Å². The Labute approximate surface area is 70.1 Å². The molecule has 0 saturated heterocycles. The third kappa shape index (κ3) is 2.12. The summed E-state index contributed by atoms with van der Waals surface area (Å²) >= 11 is 0. The fourth-order valence-corrected chi connectivity index (χ4v) is 0.800. The second-order valence-electron chi connectivity index (χ2n) is 2.29. The Morgan fingerprint density at radius 2 is 2.08 bits per heavy atom. The summed E-state index contributed by atoms with van der Waals surface area (Å²) in [5, 5.41) is 9.22. The lowest BCUT2D eigenvalue weighted by atomic mass is 10.2. The number of para-hydroxylation sites is 1. The molecule has 0 fully saturated rings. The minimum Gasteiger partial charge on any atom is -0.507 e. The summed E-state index contributed by atoms with van der Waals surface area (Å²) < 4.78 is 0. The number of nitrogens with two attached hydrogens (primary N) is 1. The van der Waals surface area contributed by atoms with Crippen LogP contribution >= 0.6 is 0 Å². The maximum absolute atomic E-state index is 10.3. The summed E-state index contributed by atoms with van der Waals surface area (Å²) in [5.41, 5.74) is 5.46. The summed E-state index contributed by atoms with van der Waals surface area (Å²) in [7, 11) is 0. The summed E-state index contributed by atoms with van der Waals surface area (Å²) in [6.07, 6.45) is 2.67. The minimum absolute atomic E-state index is 0.134. The Bertz CT molecular complexity index is 318. The van der Waals surface area contributed by atoms with Gasteiger partial charge < -0.3 is 10.8 Å². The number of phenolic OH excluding ortho intramolecular Hbond substituents is 1. The van der Waals surface area contributed by atoms with E-state index in [0.29, 0.717) is 5.56 Å². The van der Waals surface area contributed by atoms with Crippen molar-refractivity contribution in [2.75, 3.05) is 0 Å². The molecule has 1 amide bonds. The molecule has 0 unspecified atom stereocenters. The van der Waals surface area contributed by atoms with Crippen LogP contribution in [0, 0.1) is 0 Å². The van der Waals surface area contributed by atoms with Crippen LogP contribution in [0.1, 0.15) is 5.56 Å². The van der Waals surface area contributed by atoms with Gasteiger partial charge in [0.2, 0.25) is 5.91 Å². The van der Waals surface area contributed by atoms with Crippen LogP contribution in [0.4, 0.5) is 0 Å². The predicted molar refractivity (Wildman–Crippen MR) is 46.3 cm³/mol. The molecule has 0 heterocycles. The Morgan fingerprint density at radius 3 is 2.67 bits per heavy atom. The highest BCUT2D eigenvalue weighted by Gasteiger charge is 1.93. The lowest BCUT2D eigenvalue weighted by molar-refractivity contribution is -0.113. The number of phenols is 1. The van der Waals surface area contributed by atoms with E-state index in [4.69, 9.17) is 5.73 Å². The van der Waals surface area contributed by atoms with Crippen molar-refractivity contribution in [3.05, 3.63) is 35.9 Å². The second kappa shape index (κ2) is 3.57. The van der Waals surface area contributed by atoms with E-state index in [2.05, 4.69) is 0 Å². The lowest BCUT2D eigenvalue weighted by Crippen LogP contribution is -2.05. The van der Waals surface area contributed by atoms with Crippen molar-refractivity contribution in [3.63, 3.8) is 0 Å². The van der Waals surface area contributed by atoms with Crippen LogP contribution < -0.4 is 5.73 Å². The third-order valence-electron chi connectivity index (χ3n) is 1.36. The number of rotatable bonds is 2. The number of hydrogen-bond donors (Lipinski definition) is 2. The molecule has 0 aliphatic rings. The van der Waals surface area contributed by atoms with Crippen molar-refractivity contribution in [1.82, 2.24) is 0 Å². The summed E-state index contributed by atoms with van der Waals surface area (Å²) in [5.74, 6) is -0.395. The molecule has 0 saturated carbocycles. The van der Waals surface area contributed by atoms with Gasteiger partial charge in [-0.05, 0) is 12.1 Å². The van der Waals surface area contributed by atoms with Crippen molar-refractivity contribution in [2.45, 2.75) is 0 Å². The van der Waals surface area contributed by atoms with Crippen molar-refractivity contribution in [3.8, 4) is 5.75 Å². The smallest absolute Gasteiger partial charge is 0.241 e. The molecule has 62 valence electrons. The van der Waals surface area contributed by atoms with Gasteiger partial charge in [0.15, 0.2) is 0 Å². The minimum atomic E-state index is -0.529. The second-order valence-corrected chi connectivity index (χ2v) is 2.29. The van der Waals surface area contributed by atoms with Gasteiger partial charge in [0, 0.05) is 11.6 Å². The van der Waals surface area contributed by atoms with Crippen molar-refractivity contribution in [1.29, 1.82) is 0 Å². The van der Waals surface area contributed by atoms with Gasteiger partial charge in [0.25, 0.3) is 0 Å². The van der Waals surface area contributed by atoms with E-state index in [1.165, 1.54) is 12.2 Å². The van der Waals surface area contributed by atoms with Gasteiger partial charge in [-0.2, -0.15) is 0 Å². The Morgan fingerprint density at radius 1 is 1.42 bits per heavy atom. The molecule has 1 aromatic carbocycles. The molecule has 0 aliphatic carbocycles. The van der Waals surface area contributed by atoms with E-state index >= 15 is 0 Å². The molecule has 12 heavy (non-hydrogen) atoms. The number of aromatic hydroxyl groups is 1. The lowest BCUT2D eigenvalue weighted by Gasteiger charge is -1.95. The highest BCUT2D eigenvalue weighted by molar-refractivity contribution is 5.90. The number of amides is 1. The zero-order chi connectivity index (χ0) is 8.97. The Kier molecular flexibility index (Phi) is 2.48. The van der Waals surface area contributed by atoms with E-state index in [1.807, 2.05) is 0 Å². The van der Waals surface area contributed by atoms with Crippen molar-refractivity contribution < 1.29 is 9.90 Å². The predicted octanol–water partition coefficient (Wildman–Crippen LogP) is 0.891. The van der Waals surface area contributed by atoms with Gasteiger partial charge in [-0.3, -0.25) is 4.79 Å². The van der Waals surface area contributed by atoms with Crippen LogP contribution in [0.25, 0.3) is 6.08 Å². The number of carbonyl (C=O) groups is 1. The topological polar surface area (TPSA) is 63.3 Å². The van der Waals surface area contributed by atoms with Crippen LogP contribution in [0.3, 0.4) is 0 Å². The van der Waals surface area contributed by atoms with Crippen LogP contribution in [-0.4, -0.2) is 11.0 Å². The zero-order valence-corrected chi connectivity index (χ0v) is 6.40. The summed E-state index contributed by atoms with van der Waals surface area (Å²) in [4.78, 5) is 10.3. The maximum atomic E-state index is 10.3. The number of hydrogen-bond acceptors (Lipinski definition) is 2. The van der Waals surface area contributed by atoms with Gasteiger partial charge in [-0.25, -0.2) is 0 Å². The summed E-state index contributed by atoms with van der Waals surface area (Å²) in [6.45, 7) is 0. The van der Waals surface area contributed by atoms with Crippen molar-refractivity contribution in [2.24, 2.45) is 5.73 Å². The Hall–Kier alpha value is -1.77. The van der Waals surface area contributed by atoms with E-state index < -0.39 is 5.91 Å². The quantitative estimate of drug-likeness (QED) is 0.636. The van der Waals surface area contributed by atoms with Crippen LogP contribution in [0.5, 0.6) is 5.75 Å². The Balaban J connectivity index is 2.89. The molecular weight excluding hydrogens is 154 g/mol. The zero-order valence-electron chi connectivity index (χ0n) is 6.40. The molecule has 3 heteroatoms.